The summed E-state index contributed by atoms with van der Waals surface area (Å²) in [5.41, 5.74) is 5.51. The summed E-state index contributed by atoms with van der Waals surface area (Å²) in [6, 6.07) is 5.26. The molecule has 2 aromatic heterocycles. The number of ether oxygens (including phenoxy) is 1. The van der Waals surface area contributed by atoms with Crippen LogP contribution in [0.1, 0.15) is 22.9 Å². The molecule has 1 unspecified atom stereocenters. The number of aromatic nitrogens is 3. The lowest BCUT2D eigenvalue weighted by Crippen LogP contribution is -2.30. The van der Waals surface area contributed by atoms with E-state index in [0.717, 1.165) is 16.8 Å². The fourth-order valence-electron chi connectivity index (χ4n) is 1.71. The van der Waals surface area contributed by atoms with Crippen LogP contribution >= 0.6 is 0 Å². The lowest BCUT2D eigenvalue weighted by atomic mass is 10.0. The van der Waals surface area contributed by atoms with Crippen LogP contribution < -0.4 is 16.0 Å². The van der Waals surface area contributed by atoms with Gasteiger partial charge in [-0.05, 0) is 30.2 Å². The molecule has 0 aliphatic rings. The van der Waals surface area contributed by atoms with Crippen LogP contribution in [0.15, 0.2) is 30.6 Å². The van der Waals surface area contributed by atoms with Crippen molar-refractivity contribution in [3.63, 3.8) is 0 Å². The van der Waals surface area contributed by atoms with Crippen LogP contribution in [-0.2, 0) is 0 Å². The van der Waals surface area contributed by atoms with Crippen LogP contribution in [0, 0.1) is 6.92 Å². The van der Waals surface area contributed by atoms with E-state index in [1.165, 1.54) is 0 Å². The minimum Gasteiger partial charge on any atom is -0.480 e. The predicted octanol–water partition coefficient (Wildman–Crippen LogP) is 0.741. The smallest absolute Gasteiger partial charge is 0.233 e. The SMILES string of the molecule is COc1ccc(C(NN)c2cnccc2C)nn1. The highest BCUT2D eigenvalue weighted by Crippen LogP contribution is 2.22. The second-order valence-corrected chi connectivity index (χ2v) is 3.83. The van der Waals surface area contributed by atoms with Gasteiger partial charge in [0, 0.05) is 18.5 Å². The van der Waals surface area contributed by atoms with Crippen molar-refractivity contribution in [2.45, 2.75) is 13.0 Å². The first-order valence-corrected chi connectivity index (χ1v) is 5.50. The second-order valence-electron chi connectivity index (χ2n) is 3.83. The first-order chi connectivity index (χ1) is 8.76. The summed E-state index contributed by atoms with van der Waals surface area (Å²) >= 11 is 0. The van der Waals surface area contributed by atoms with E-state index >= 15 is 0 Å². The molecular weight excluding hydrogens is 230 g/mol. The van der Waals surface area contributed by atoms with Gasteiger partial charge in [0.2, 0.25) is 5.88 Å². The Kier molecular flexibility index (Phi) is 3.81. The number of nitrogens with one attached hydrogen (secondary N) is 1. The summed E-state index contributed by atoms with van der Waals surface area (Å²) < 4.78 is 4.97. The quantitative estimate of drug-likeness (QED) is 0.610. The maximum Gasteiger partial charge on any atom is 0.233 e. The van der Waals surface area contributed by atoms with Crippen LogP contribution in [0.4, 0.5) is 0 Å². The maximum atomic E-state index is 5.60. The van der Waals surface area contributed by atoms with Crippen molar-refractivity contribution in [1.82, 2.24) is 20.6 Å². The Hall–Kier alpha value is -2.05. The summed E-state index contributed by atoms with van der Waals surface area (Å²) in [6.07, 6.45) is 3.51. The molecule has 94 valence electrons. The van der Waals surface area contributed by atoms with Gasteiger partial charge < -0.3 is 4.74 Å². The minimum absolute atomic E-state index is 0.239. The zero-order valence-electron chi connectivity index (χ0n) is 10.3. The van der Waals surface area contributed by atoms with Gasteiger partial charge in [-0.15, -0.1) is 10.2 Å². The molecule has 0 aliphatic carbocycles. The average molecular weight is 245 g/mol. The number of hydrogen-bond acceptors (Lipinski definition) is 6. The molecule has 18 heavy (non-hydrogen) atoms. The fraction of sp³-hybridized carbons (Fsp3) is 0.250. The molecule has 6 heteroatoms. The normalized spacial score (nSPS) is 12.2. The van der Waals surface area contributed by atoms with Gasteiger partial charge in [-0.2, -0.15) is 0 Å². The highest BCUT2D eigenvalue weighted by atomic mass is 16.5. The van der Waals surface area contributed by atoms with Gasteiger partial charge in [-0.25, -0.2) is 5.43 Å². The fourth-order valence-corrected chi connectivity index (χ4v) is 1.71. The Bertz CT molecular complexity index is 514. The Morgan fingerprint density at radius 1 is 1.28 bits per heavy atom. The van der Waals surface area contributed by atoms with Gasteiger partial charge >= 0.3 is 0 Å². The van der Waals surface area contributed by atoms with Gasteiger partial charge in [0.25, 0.3) is 0 Å². The van der Waals surface area contributed by atoms with Crippen LogP contribution in [0.5, 0.6) is 5.88 Å². The van der Waals surface area contributed by atoms with Crippen molar-refractivity contribution in [3.8, 4) is 5.88 Å². The van der Waals surface area contributed by atoms with Gasteiger partial charge in [-0.1, -0.05) is 0 Å². The van der Waals surface area contributed by atoms with Gasteiger partial charge in [0.05, 0.1) is 18.8 Å². The molecule has 2 aromatic rings. The van der Waals surface area contributed by atoms with E-state index in [9.17, 15) is 0 Å². The number of rotatable bonds is 4. The van der Waals surface area contributed by atoms with Crippen molar-refractivity contribution in [3.05, 3.63) is 47.4 Å². The molecule has 0 aliphatic heterocycles. The van der Waals surface area contributed by atoms with Crippen LogP contribution in [-0.4, -0.2) is 22.3 Å². The van der Waals surface area contributed by atoms with E-state index in [-0.39, 0.29) is 6.04 Å². The first-order valence-electron chi connectivity index (χ1n) is 5.50. The molecule has 0 spiro atoms. The van der Waals surface area contributed by atoms with Gasteiger partial charge in [0.15, 0.2) is 0 Å². The van der Waals surface area contributed by atoms with E-state index in [1.54, 1.807) is 25.6 Å². The molecule has 0 saturated heterocycles. The van der Waals surface area contributed by atoms with Crippen molar-refractivity contribution in [1.29, 1.82) is 0 Å². The molecule has 0 radical (unpaired) electrons. The van der Waals surface area contributed by atoms with E-state index < -0.39 is 0 Å². The van der Waals surface area contributed by atoms with E-state index in [0.29, 0.717) is 5.88 Å². The van der Waals surface area contributed by atoms with Crippen LogP contribution in [0.2, 0.25) is 0 Å². The second kappa shape index (κ2) is 5.52. The van der Waals surface area contributed by atoms with E-state index in [1.807, 2.05) is 19.1 Å². The van der Waals surface area contributed by atoms with Crippen molar-refractivity contribution in [2.24, 2.45) is 5.84 Å². The summed E-state index contributed by atoms with van der Waals surface area (Å²) in [5, 5.41) is 8.03. The number of nitrogens with two attached hydrogens (primary N) is 1. The molecule has 1 atom stereocenters. The molecule has 3 N–H and O–H groups in total. The first kappa shape index (κ1) is 12.4. The van der Waals surface area contributed by atoms with E-state index in [4.69, 9.17) is 10.6 Å². The average Bonchev–Trinajstić information content (AvgIpc) is 2.42. The molecule has 6 nitrogen and oxygen atoms in total. The molecule has 0 saturated carbocycles. The number of pyridine rings is 1. The minimum atomic E-state index is -0.239. The van der Waals surface area contributed by atoms with Crippen LogP contribution in [0.3, 0.4) is 0 Å². The Morgan fingerprint density at radius 3 is 2.67 bits per heavy atom. The summed E-state index contributed by atoms with van der Waals surface area (Å²) in [6.45, 7) is 2.00. The number of hydrogen-bond donors (Lipinski definition) is 2. The Labute approximate surface area is 105 Å². The lowest BCUT2D eigenvalue weighted by Gasteiger charge is -2.16. The van der Waals surface area contributed by atoms with Crippen molar-refractivity contribution in [2.75, 3.05) is 7.11 Å². The monoisotopic (exact) mass is 245 g/mol. The summed E-state index contributed by atoms with van der Waals surface area (Å²) in [7, 11) is 1.55. The summed E-state index contributed by atoms with van der Waals surface area (Å²) in [4.78, 5) is 4.11. The third-order valence-electron chi connectivity index (χ3n) is 2.72. The zero-order valence-corrected chi connectivity index (χ0v) is 10.3. The van der Waals surface area contributed by atoms with Gasteiger partial charge in [-0.3, -0.25) is 10.8 Å². The molecule has 2 rings (SSSR count). The summed E-state index contributed by atoms with van der Waals surface area (Å²) in [5.74, 6) is 6.07. The molecular formula is C12H15N5O. The zero-order chi connectivity index (χ0) is 13.0. The third-order valence-corrected chi connectivity index (χ3v) is 2.72. The maximum absolute atomic E-state index is 5.60. The van der Waals surface area contributed by atoms with Crippen LogP contribution in [0.25, 0.3) is 0 Å². The highest BCUT2D eigenvalue weighted by Gasteiger charge is 2.16. The standard InChI is InChI=1S/C12H15N5O/c1-8-5-6-14-7-9(8)12(15-13)10-3-4-11(18-2)17-16-10/h3-7,12,15H,13H2,1-2H3. The largest absolute Gasteiger partial charge is 0.480 e. The number of aryl methyl sites for hydroxylation is 1. The molecule has 0 aromatic carbocycles. The number of hydrazine groups is 1. The molecule has 0 amide bonds. The molecule has 0 fully saturated rings. The number of methoxy groups -OCH3 is 1. The predicted molar refractivity (Wildman–Crippen MR) is 66.7 cm³/mol. The molecule has 0 bridgehead atoms. The number of nitrogens with zero attached hydrogens (tertiary/aromatic N) is 3. The topological polar surface area (TPSA) is 86.0 Å². The van der Waals surface area contributed by atoms with Crippen molar-refractivity contribution < 1.29 is 4.74 Å². The lowest BCUT2D eigenvalue weighted by molar-refractivity contribution is 0.390. The third kappa shape index (κ3) is 2.44. The van der Waals surface area contributed by atoms with Gasteiger partial charge in [0.1, 0.15) is 0 Å². The Balaban J connectivity index is 2.36. The highest BCUT2D eigenvalue weighted by molar-refractivity contribution is 5.31. The van der Waals surface area contributed by atoms with E-state index in [2.05, 4.69) is 20.6 Å². The van der Waals surface area contributed by atoms with Crippen molar-refractivity contribution >= 4 is 0 Å². The Morgan fingerprint density at radius 2 is 2.11 bits per heavy atom. The molecule has 2 heterocycles.